The van der Waals surface area contributed by atoms with Crippen LogP contribution in [-0.4, -0.2) is 16.7 Å². The van der Waals surface area contributed by atoms with Gasteiger partial charge in [0.1, 0.15) is 5.75 Å². The first-order valence-electron chi connectivity index (χ1n) is 5.41. The molecule has 16 heavy (non-hydrogen) atoms. The first kappa shape index (κ1) is 10.8. The van der Waals surface area contributed by atoms with E-state index < -0.39 is 0 Å². The minimum absolute atomic E-state index is 0.543. The second-order valence-corrected chi connectivity index (χ2v) is 4.33. The van der Waals surface area contributed by atoms with Crippen LogP contribution in [-0.2, 0) is 6.54 Å². The van der Waals surface area contributed by atoms with E-state index >= 15 is 0 Å². The highest BCUT2D eigenvalue weighted by atomic mass is 16.5. The molecule has 2 N–H and O–H groups in total. The SMILES string of the molecule is COc1ccc2c(c1)nc(N)n2CC(C)C. The molecule has 0 spiro atoms. The van der Waals surface area contributed by atoms with Gasteiger partial charge in [0, 0.05) is 12.6 Å². The fourth-order valence-corrected chi connectivity index (χ4v) is 1.81. The second-order valence-electron chi connectivity index (χ2n) is 4.33. The molecule has 4 heteroatoms. The fourth-order valence-electron chi connectivity index (χ4n) is 1.81. The minimum atomic E-state index is 0.543. The van der Waals surface area contributed by atoms with Gasteiger partial charge in [0.25, 0.3) is 0 Å². The van der Waals surface area contributed by atoms with Crippen LogP contribution < -0.4 is 10.5 Å². The summed E-state index contributed by atoms with van der Waals surface area (Å²) in [6.45, 7) is 5.21. The zero-order valence-corrected chi connectivity index (χ0v) is 9.90. The zero-order chi connectivity index (χ0) is 11.7. The number of ether oxygens (including phenoxy) is 1. The molecular formula is C12H17N3O. The summed E-state index contributed by atoms with van der Waals surface area (Å²) in [5.41, 5.74) is 7.85. The van der Waals surface area contributed by atoms with Gasteiger partial charge in [-0.1, -0.05) is 13.8 Å². The number of fused-ring (bicyclic) bond motifs is 1. The Morgan fingerprint density at radius 3 is 2.81 bits per heavy atom. The van der Waals surface area contributed by atoms with Crippen LogP contribution in [0.15, 0.2) is 18.2 Å². The Labute approximate surface area is 95.0 Å². The third kappa shape index (κ3) is 1.83. The Hall–Kier alpha value is -1.71. The van der Waals surface area contributed by atoms with Crippen LogP contribution in [0.5, 0.6) is 5.75 Å². The number of nitrogens with zero attached hydrogens (tertiary/aromatic N) is 2. The number of aromatic nitrogens is 2. The number of nitrogen functional groups attached to an aromatic ring is 1. The van der Waals surface area contributed by atoms with Crippen molar-refractivity contribution in [2.75, 3.05) is 12.8 Å². The van der Waals surface area contributed by atoms with Gasteiger partial charge in [-0.2, -0.15) is 0 Å². The lowest BCUT2D eigenvalue weighted by Gasteiger charge is -2.09. The van der Waals surface area contributed by atoms with Gasteiger partial charge in [-0.05, 0) is 18.1 Å². The van der Waals surface area contributed by atoms with Crippen molar-refractivity contribution in [2.24, 2.45) is 5.92 Å². The molecule has 0 unspecified atom stereocenters. The van der Waals surface area contributed by atoms with Crippen LogP contribution in [0.1, 0.15) is 13.8 Å². The van der Waals surface area contributed by atoms with E-state index in [1.807, 2.05) is 22.8 Å². The Morgan fingerprint density at radius 2 is 2.19 bits per heavy atom. The summed E-state index contributed by atoms with van der Waals surface area (Å²) >= 11 is 0. The van der Waals surface area contributed by atoms with E-state index in [0.717, 1.165) is 23.3 Å². The maximum absolute atomic E-state index is 5.90. The average Bonchev–Trinajstić information content (AvgIpc) is 2.54. The maximum atomic E-state index is 5.90. The van der Waals surface area contributed by atoms with Crippen LogP contribution >= 0.6 is 0 Å². The molecule has 0 amide bonds. The molecule has 0 aliphatic carbocycles. The predicted octanol–water partition coefficient (Wildman–Crippen LogP) is 2.28. The van der Waals surface area contributed by atoms with Gasteiger partial charge in [-0.25, -0.2) is 4.98 Å². The number of benzene rings is 1. The number of methoxy groups -OCH3 is 1. The largest absolute Gasteiger partial charge is 0.497 e. The normalized spacial score (nSPS) is 11.2. The lowest BCUT2D eigenvalue weighted by molar-refractivity contribution is 0.415. The van der Waals surface area contributed by atoms with Crippen molar-refractivity contribution in [3.63, 3.8) is 0 Å². The number of nitrogens with two attached hydrogens (primary N) is 1. The lowest BCUT2D eigenvalue weighted by atomic mass is 10.2. The van der Waals surface area contributed by atoms with Crippen molar-refractivity contribution < 1.29 is 4.74 Å². The van der Waals surface area contributed by atoms with Crippen LogP contribution in [0.4, 0.5) is 5.95 Å². The second kappa shape index (κ2) is 4.04. The van der Waals surface area contributed by atoms with Crippen molar-refractivity contribution >= 4 is 17.0 Å². The topological polar surface area (TPSA) is 53.1 Å². The number of rotatable bonds is 3. The Bertz CT molecular complexity index is 502. The van der Waals surface area contributed by atoms with Gasteiger partial charge < -0.3 is 15.0 Å². The van der Waals surface area contributed by atoms with Gasteiger partial charge in [-0.15, -0.1) is 0 Å². The maximum Gasteiger partial charge on any atom is 0.201 e. The smallest absolute Gasteiger partial charge is 0.201 e. The van der Waals surface area contributed by atoms with Crippen molar-refractivity contribution in [2.45, 2.75) is 20.4 Å². The first-order chi connectivity index (χ1) is 7.61. The van der Waals surface area contributed by atoms with E-state index in [-0.39, 0.29) is 0 Å². The van der Waals surface area contributed by atoms with Crippen LogP contribution in [0.2, 0.25) is 0 Å². The summed E-state index contributed by atoms with van der Waals surface area (Å²) in [5, 5.41) is 0. The van der Waals surface area contributed by atoms with Crippen LogP contribution in [0, 0.1) is 5.92 Å². The molecule has 0 aliphatic heterocycles. The number of anilines is 1. The summed E-state index contributed by atoms with van der Waals surface area (Å²) in [5.74, 6) is 1.92. The number of hydrogen-bond donors (Lipinski definition) is 1. The summed E-state index contributed by atoms with van der Waals surface area (Å²) < 4.78 is 7.20. The van der Waals surface area contributed by atoms with Crippen molar-refractivity contribution in [1.29, 1.82) is 0 Å². The molecule has 1 heterocycles. The number of imidazole rings is 1. The van der Waals surface area contributed by atoms with Crippen LogP contribution in [0.25, 0.3) is 11.0 Å². The van der Waals surface area contributed by atoms with E-state index in [1.54, 1.807) is 7.11 Å². The van der Waals surface area contributed by atoms with E-state index in [9.17, 15) is 0 Å². The highest BCUT2D eigenvalue weighted by Crippen LogP contribution is 2.23. The molecule has 86 valence electrons. The number of hydrogen-bond acceptors (Lipinski definition) is 3. The molecular weight excluding hydrogens is 202 g/mol. The zero-order valence-electron chi connectivity index (χ0n) is 9.90. The third-order valence-electron chi connectivity index (χ3n) is 2.53. The third-order valence-corrected chi connectivity index (χ3v) is 2.53. The quantitative estimate of drug-likeness (QED) is 0.861. The first-order valence-corrected chi connectivity index (χ1v) is 5.41. The molecule has 0 saturated heterocycles. The molecule has 0 fully saturated rings. The molecule has 2 rings (SSSR count). The van der Waals surface area contributed by atoms with Crippen LogP contribution in [0.3, 0.4) is 0 Å². The summed E-state index contributed by atoms with van der Waals surface area (Å²) in [4.78, 5) is 4.34. The predicted molar refractivity (Wildman–Crippen MR) is 65.5 cm³/mol. The van der Waals surface area contributed by atoms with Gasteiger partial charge in [0.2, 0.25) is 5.95 Å². The molecule has 1 aromatic heterocycles. The molecule has 2 aromatic rings. The van der Waals surface area contributed by atoms with Crippen molar-refractivity contribution in [1.82, 2.24) is 9.55 Å². The molecule has 4 nitrogen and oxygen atoms in total. The molecule has 0 saturated carbocycles. The Morgan fingerprint density at radius 1 is 1.44 bits per heavy atom. The molecule has 0 radical (unpaired) electrons. The Balaban J connectivity index is 2.53. The van der Waals surface area contributed by atoms with Gasteiger partial charge in [0.15, 0.2) is 0 Å². The highest BCUT2D eigenvalue weighted by Gasteiger charge is 2.09. The molecule has 0 atom stereocenters. The van der Waals surface area contributed by atoms with Gasteiger partial charge >= 0.3 is 0 Å². The molecule has 0 aliphatic rings. The fraction of sp³-hybridized carbons (Fsp3) is 0.417. The molecule has 0 bridgehead atoms. The van der Waals surface area contributed by atoms with Gasteiger partial charge in [-0.3, -0.25) is 0 Å². The van der Waals surface area contributed by atoms with Crippen molar-refractivity contribution in [3.8, 4) is 5.75 Å². The highest BCUT2D eigenvalue weighted by molar-refractivity contribution is 5.79. The molecule has 1 aromatic carbocycles. The standard InChI is InChI=1S/C12H17N3O/c1-8(2)7-15-11-5-4-9(16-3)6-10(11)14-12(15)13/h4-6,8H,7H2,1-3H3,(H2,13,14). The average molecular weight is 219 g/mol. The monoisotopic (exact) mass is 219 g/mol. The van der Waals surface area contributed by atoms with Crippen molar-refractivity contribution in [3.05, 3.63) is 18.2 Å². The Kier molecular flexibility index (Phi) is 2.73. The van der Waals surface area contributed by atoms with E-state index in [2.05, 4.69) is 18.8 Å². The van der Waals surface area contributed by atoms with E-state index in [4.69, 9.17) is 10.5 Å². The van der Waals surface area contributed by atoms with E-state index in [1.165, 1.54) is 0 Å². The van der Waals surface area contributed by atoms with E-state index in [0.29, 0.717) is 11.9 Å². The minimum Gasteiger partial charge on any atom is -0.497 e. The lowest BCUT2D eigenvalue weighted by Crippen LogP contribution is -2.07. The van der Waals surface area contributed by atoms with Gasteiger partial charge in [0.05, 0.1) is 18.1 Å². The summed E-state index contributed by atoms with van der Waals surface area (Å²) in [6, 6.07) is 5.84. The summed E-state index contributed by atoms with van der Waals surface area (Å²) in [6.07, 6.45) is 0. The summed E-state index contributed by atoms with van der Waals surface area (Å²) in [7, 11) is 1.65.